The number of anilines is 1. The third kappa shape index (κ3) is 2.83. The summed E-state index contributed by atoms with van der Waals surface area (Å²) in [6, 6.07) is 3.68. The van der Waals surface area contributed by atoms with Crippen LogP contribution in [0.2, 0.25) is 0 Å². The number of aromatic nitrogens is 1. The van der Waals surface area contributed by atoms with Crippen molar-refractivity contribution >= 4 is 12.1 Å². The minimum absolute atomic E-state index is 0.611. The van der Waals surface area contributed by atoms with Crippen LogP contribution in [0.15, 0.2) is 18.3 Å². The number of terminal acetylenes is 1. The van der Waals surface area contributed by atoms with Gasteiger partial charge in [0.15, 0.2) is 6.29 Å². The SMILES string of the molecule is C#CCN1CCN(c2ccc(C=O)cn2)CC1. The summed E-state index contributed by atoms with van der Waals surface area (Å²) in [6.45, 7) is 4.48. The van der Waals surface area contributed by atoms with E-state index in [0.29, 0.717) is 12.1 Å². The Kier molecular flexibility index (Phi) is 3.73. The summed E-state index contributed by atoms with van der Waals surface area (Å²) in [4.78, 5) is 19.3. The highest BCUT2D eigenvalue weighted by Crippen LogP contribution is 2.13. The van der Waals surface area contributed by atoms with Gasteiger partial charge in [-0.05, 0) is 12.1 Å². The molecular formula is C13H15N3O. The number of piperazine rings is 1. The predicted octanol–water partition coefficient (Wildman–Crippen LogP) is 0.649. The summed E-state index contributed by atoms with van der Waals surface area (Å²) in [5.41, 5.74) is 0.611. The molecule has 1 aromatic heterocycles. The van der Waals surface area contributed by atoms with Gasteiger partial charge in [0.25, 0.3) is 0 Å². The van der Waals surface area contributed by atoms with Crippen molar-refractivity contribution in [3.8, 4) is 12.3 Å². The normalized spacial score (nSPS) is 16.5. The van der Waals surface area contributed by atoms with Crippen molar-refractivity contribution in [3.63, 3.8) is 0 Å². The number of hydrogen-bond donors (Lipinski definition) is 0. The summed E-state index contributed by atoms with van der Waals surface area (Å²) in [6.07, 6.45) is 7.70. The standard InChI is InChI=1S/C13H15N3O/c1-2-5-15-6-8-16(9-7-15)13-4-3-12(11-17)10-14-13/h1,3-4,10-11H,5-9H2. The van der Waals surface area contributed by atoms with Crippen LogP contribution in [0.3, 0.4) is 0 Å². The molecule has 0 N–H and O–H groups in total. The Morgan fingerprint density at radius 1 is 1.35 bits per heavy atom. The molecular weight excluding hydrogens is 214 g/mol. The minimum Gasteiger partial charge on any atom is -0.354 e. The van der Waals surface area contributed by atoms with Gasteiger partial charge in [-0.25, -0.2) is 4.98 Å². The molecule has 0 atom stereocenters. The summed E-state index contributed by atoms with van der Waals surface area (Å²) in [7, 11) is 0. The molecule has 0 spiro atoms. The third-order valence-electron chi connectivity index (χ3n) is 2.92. The molecule has 0 bridgehead atoms. The number of pyridine rings is 1. The topological polar surface area (TPSA) is 36.4 Å². The molecule has 0 radical (unpaired) electrons. The monoisotopic (exact) mass is 229 g/mol. The van der Waals surface area contributed by atoms with Gasteiger partial charge in [0.2, 0.25) is 0 Å². The van der Waals surface area contributed by atoms with Crippen molar-refractivity contribution < 1.29 is 4.79 Å². The van der Waals surface area contributed by atoms with Crippen molar-refractivity contribution in [1.82, 2.24) is 9.88 Å². The summed E-state index contributed by atoms with van der Waals surface area (Å²) in [5.74, 6) is 3.59. The molecule has 0 saturated carbocycles. The van der Waals surface area contributed by atoms with E-state index in [1.54, 1.807) is 12.3 Å². The van der Waals surface area contributed by atoms with E-state index < -0.39 is 0 Å². The molecule has 4 heteroatoms. The molecule has 0 aliphatic carbocycles. The Morgan fingerprint density at radius 3 is 2.65 bits per heavy atom. The lowest BCUT2D eigenvalue weighted by atomic mass is 10.2. The highest BCUT2D eigenvalue weighted by molar-refractivity contribution is 5.74. The second kappa shape index (κ2) is 5.46. The maximum absolute atomic E-state index is 10.5. The summed E-state index contributed by atoms with van der Waals surface area (Å²) in [5, 5.41) is 0. The zero-order valence-corrected chi connectivity index (χ0v) is 9.67. The molecule has 1 aliphatic rings. The van der Waals surface area contributed by atoms with Gasteiger partial charge in [-0.15, -0.1) is 6.42 Å². The van der Waals surface area contributed by atoms with Gasteiger partial charge in [0.05, 0.1) is 6.54 Å². The number of carbonyl (C=O) groups excluding carboxylic acids is 1. The fourth-order valence-electron chi connectivity index (χ4n) is 1.92. The van der Waals surface area contributed by atoms with Crippen LogP contribution in [0.5, 0.6) is 0 Å². The molecule has 88 valence electrons. The minimum atomic E-state index is 0.611. The van der Waals surface area contributed by atoms with Crippen LogP contribution >= 0.6 is 0 Å². The lowest BCUT2D eigenvalue weighted by Gasteiger charge is -2.34. The molecule has 1 saturated heterocycles. The molecule has 0 amide bonds. The van der Waals surface area contributed by atoms with E-state index in [9.17, 15) is 4.79 Å². The average molecular weight is 229 g/mol. The second-order valence-electron chi connectivity index (χ2n) is 4.03. The van der Waals surface area contributed by atoms with Crippen molar-refractivity contribution in [1.29, 1.82) is 0 Å². The van der Waals surface area contributed by atoms with Gasteiger partial charge < -0.3 is 4.90 Å². The van der Waals surface area contributed by atoms with E-state index in [0.717, 1.165) is 38.3 Å². The molecule has 2 heterocycles. The van der Waals surface area contributed by atoms with E-state index in [-0.39, 0.29) is 0 Å². The Labute approximate surface area is 101 Å². The molecule has 1 aromatic rings. The first-order valence-corrected chi connectivity index (χ1v) is 5.65. The van der Waals surface area contributed by atoms with Crippen LogP contribution in [0.1, 0.15) is 10.4 Å². The lowest BCUT2D eigenvalue weighted by Crippen LogP contribution is -2.46. The maximum Gasteiger partial charge on any atom is 0.151 e. The largest absolute Gasteiger partial charge is 0.354 e. The average Bonchev–Trinajstić information content (AvgIpc) is 2.40. The molecule has 2 rings (SSSR count). The Morgan fingerprint density at radius 2 is 2.12 bits per heavy atom. The second-order valence-corrected chi connectivity index (χ2v) is 4.03. The zero-order valence-electron chi connectivity index (χ0n) is 9.67. The number of rotatable bonds is 3. The Balaban J connectivity index is 1.96. The van der Waals surface area contributed by atoms with Crippen LogP contribution in [0.4, 0.5) is 5.82 Å². The van der Waals surface area contributed by atoms with Gasteiger partial charge in [-0.1, -0.05) is 5.92 Å². The Bertz CT molecular complexity index is 413. The molecule has 0 unspecified atom stereocenters. The first-order valence-electron chi connectivity index (χ1n) is 5.65. The van der Waals surface area contributed by atoms with Crippen molar-refractivity contribution in [3.05, 3.63) is 23.9 Å². The molecule has 4 nitrogen and oxygen atoms in total. The fraction of sp³-hybridized carbons (Fsp3) is 0.385. The predicted molar refractivity (Wildman–Crippen MR) is 67.1 cm³/mol. The van der Waals surface area contributed by atoms with E-state index in [1.165, 1.54) is 0 Å². The van der Waals surface area contributed by atoms with Crippen molar-refractivity contribution in [2.45, 2.75) is 0 Å². The van der Waals surface area contributed by atoms with Gasteiger partial charge >= 0.3 is 0 Å². The maximum atomic E-state index is 10.5. The quantitative estimate of drug-likeness (QED) is 0.563. The third-order valence-corrected chi connectivity index (χ3v) is 2.92. The van der Waals surface area contributed by atoms with Crippen LogP contribution < -0.4 is 4.90 Å². The number of aldehydes is 1. The number of carbonyl (C=O) groups is 1. The van der Waals surface area contributed by atoms with Gasteiger partial charge in [0.1, 0.15) is 5.82 Å². The summed E-state index contributed by atoms with van der Waals surface area (Å²) < 4.78 is 0. The highest BCUT2D eigenvalue weighted by Gasteiger charge is 2.16. The molecule has 1 fully saturated rings. The van der Waals surface area contributed by atoms with Crippen LogP contribution in [-0.2, 0) is 0 Å². The van der Waals surface area contributed by atoms with E-state index in [1.807, 2.05) is 6.07 Å². The summed E-state index contributed by atoms with van der Waals surface area (Å²) >= 11 is 0. The van der Waals surface area contributed by atoms with E-state index >= 15 is 0 Å². The van der Waals surface area contributed by atoms with Crippen LogP contribution in [-0.4, -0.2) is 48.9 Å². The van der Waals surface area contributed by atoms with Crippen LogP contribution in [0, 0.1) is 12.3 Å². The molecule has 1 aliphatic heterocycles. The lowest BCUT2D eigenvalue weighted by molar-refractivity contribution is 0.112. The fourth-order valence-corrected chi connectivity index (χ4v) is 1.92. The molecule has 17 heavy (non-hydrogen) atoms. The van der Waals surface area contributed by atoms with Gasteiger partial charge in [0, 0.05) is 37.9 Å². The van der Waals surface area contributed by atoms with E-state index in [4.69, 9.17) is 6.42 Å². The first kappa shape index (κ1) is 11.6. The van der Waals surface area contributed by atoms with Gasteiger partial charge in [-0.3, -0.25) is 9.69 Å². The zero-order chi connectivity index (χ0) is 12.1. The van der Waals surface area contributed by atoms with Gasteiger partial charge in [-0.2, -0.15) is 0 Å². The van der Waals surface area contributed by atoms with E-state index in [2.05, 4.69) is 20.7 Å². The van der Waals surface area contributed by atoms with Crippen LogP contribution in [0.25, 0.3) is 0 Å². The highest BCUT2D eigenvalue weighted by atomic mass is 16.1. The van der Waals surface area contributed by atoms with Crippen molar-refractivity contribution in [2.75, 3.05) is 37.6 Å². The van der Waals surface area contributed by atoms with Crippen molar-refractivity contribution in [2.24, 2.45) is 0 Å². The first-order chi connectivity index (χ1) is 8.33. The Hall–Kier alpha value is -1.86. The number of nitrogens with zero attached hydrogens (tertiary/aromatic N) is 3. The number of hydrogen-bond acceptors (Lipinski definition) is 4. The smallest absolute Gasteiger partial charge is 0.151 e. The molecule has 0 aromatic carbocycles.